The Balaban J connectivity index is 2.62. The van der Waals surface area contributed by atoms with Crippen molar-refractivity contribution < 1.29 is 9.18 Å². The van der Waals surface area contributed by atoms with E-state index in [1.807, 2.05) is 0 Å². The molecule has 0 saturated heterocycles. The van der Waals surface area contributed by atoms with Crippen LogP contribution < -0.4 is 0 Å². The van der Waals surface area contributed by atoms with Gasteiger partial charge in [0, 0.05) is 10.7 Å². The molecular formula is C11H7BrFNO. The van der Waals surface area contributed by atoms with Gasteiger partial charge in [0.25, 0.3) is 0 Å². The lowest BCUT2D eigenvalue weighted by atomic mass is 10.3. The summed E-state index contributed by atoms with van der Waals surface area (Å²) in [5.74, 6) is -0.363. The molecule has 0 amide bonds. The first-order chi connectivity index (χ1) is 7.22. The molecule has 0 spiro atoms. The zero-order valence-corrected chi connectivity index (χ0v) is 9.24. The molecule has 0 unspecified atom stereocenters. The lowest BCUT2D eigenvalue weighted by Crippen LogP contribution is -2.00. The zero-order chi connectivity index (χ0) is 10.8. The second-order valence-corrected chi connectivity index (χ2v) is 3.93. The Morgan fingerprint density at radius 3 is 2.87 bits per heavy atom. The summed E-state index contributed by atoms with van der Waals surface area (Å²) < 4.78 is 15.8. The fourth-order valence-electron chi connectivity index (χ4n) is 1.38. The number of hydrogen-bond acceptors (Lipinski definition) is 1. The van der Waals surface area contributed by atoms with E-state index in [4.69, 9.17) is 0 Å². The number of hydrogen-bond donors (Lipinski definition) is 0. The maximum absolute atomic E-state index is 13.5. The van der Waals surface area contributed by atoms with Crippen molar-refractivity contribution >= 4 is 22.2 Å². The second-order valence-electron chi connectivity index (χ2n) is 3.02. The number of carbonyl (C=O) groups is 1. The highest BCUT2D eigenvalue weighted by Crippen LogP contribution is 2.20. The first kappa shape index (κ1) is 10.1. The smallest absolute Gasteiger partial charge is 0.166 e. The van der Waals surface area contributed by atoms with Crippen LogP contribution in [0.5, 0.6) is 0 Å². The standard InChI is InChI=1S/C11H7BrFNO/c12-8-3-4-10(13)11(6-8)14-5-1-2-9(14)7-15/h1-7H. The van der Waals surface area contributed by atoms with E-state index in [1.165, 1.54) is 10.6 Å². The van der Waals surface area contributed by atoms with E-state index in [2.05, 4.69) is 15.9 Å². The van der Waals surface area contributed by atoms with Crippen LogP contribution in [0.1, 0.15) is 10.5 Å². The normalized spacial score (nSPS) is 10.3. The Hall–Kier alpha value is -1.42. The van der Waals surface area contributed by atoms with Gasteiger partial charge in [0.15, 0.2) is 6.29 Å². The molecule has 76 valence electrons. The summed E-state index contributed by atoms with van der Waals surface area (Å²) in [6.07, 6.45) is 2.34. The first-order valence-electron chi connectivity index (χ1n) is 4.30. The highest BCUT2D eigenvalue weighted by molar-refractivity contribution is 9.10. The van der Waals surface area contributed by atoms with Gasteiger partial charge in [-0.2, -0.15) is 0 Å². The van der Waals surface area contributed by atoms with Gasteiger partial charge in [0.2, 0.25) is 0 Å². The minimum absolute atomic E-state index is 0.358. The molecule has 0 aliphatic carbocycles. The predicted octanol–water partition coefficient (Wildman–Crippen LogP) is 3.19. The number of rotatable bonds is 2. The average Bonchev–Trinajstić information content (AvgIpc) is 2.69. The third kappa shape index (κ3) is 1.85. The Bertz CT molecular complexity index is 507. The van der Waals surface area contributed by atoms with Gasteiger partial charge in [0.05, 0.1) is 11.4 Å². The number of halogens is 2. The van der Waals surface area contributed by atoms with Gasteiger partial charge in [-0.15, -0.1) is 0 Å². The molecule has 15 heavy (non-hydrogen) atoms. The Labute approximate surface area is 94.5 Å². The van der Waals surface area contributed by atoms with Gasteiger partial charge in [-0.1, -0.05) is 15.9 Å². The molecule has 1 aromatic heterocycles. The largest absolute Gasteiger partial charge is 0.311 e. The van der Waals surface area contributed by atoms with Crippen LogP contribution >= 0.6 is 15.9 Å². The number of carbonyl (C=O) groups excluding carboxylic acids is 1. The summed E-state index contributed by atoms with van der Waals surface area (Å²) in [7, 11) is 0. The Kier molecular flexibility index (Phi) is 2.68. The molecule has 0 saturated carbocycles. The van der Waals surface area contributed by atoms with E-state index >= 15 is 0 Å². The molecule has 1 aromatic carbocycles. The van der Waals surface area contributed by atoms with Gasteiger partial charge in [-0.3, -0.25) is 4.79 Å². The minimum atomic E-state index is -0.363. The van der Waals surface area contributed by atoms with Crippen LogP contribution in [0.15, 0.2) is 41.0 Å². The third-order valence-electron chi connectivity index (χ3n) is 2.07. The topological polar surface area (TPSA) is 22.0 Å². The number of aromatic nitrogens is 1. The van der Waals surface area contributed by atoms with Crippen LogP contribution in [-0.2, 0) is 0 Å². The molecule has 0 N–H and O–H groups in total. The highest BCUT2D eigenvalue weighted by atomic mass is 79.9. The van der Waals surface area contributed by atoms with Gasteiger partial charge in [0.1, 0.15) is 5.82 Å². The summed E-state index contributed by atoms with van der Waals surface area (Å²) in [6, 6.07) is 7.93. The van der Waals surface area contributed by atoms with Gasteiger partial charge in [-0.05, 0) is 30.3 Å². The van der Waals surface area contributed by atoms with E-state index in [-0.39, 0.29) is 5.82 Å². The molecule has 4 heteroatoms. The molecule has 2 aromatic rings. The molecule has 1 heterocycles. The molecule has 2 nitrogen and oxygen atoms in total. The van der Waals surface area contributed by atoms with Crippen molar-refractivity contribution in [2.75, 3.05) is 0 Å². The molecule has 0 atom stereocenters. The van der Waals surface area contributed by atoms with Crippen LogP contribution in [0.25, 0.3) is 5.69 Å². The lowest BCUT2D eigenvalue weighted by molar-refractivity contribution is 0.111. The SMILES string of the molecule is O=Cc1cccn1-c1cc(Br)ccc1F. The van der Waals surface area contributed by atoms with Crippen molar-refractivity contribution in [3.05, 3.63) is 52.5 Å². The number of aldehydes is 1. The van der Waals surface area contributed by atoms with Gasteiger partial charge >= 0.3 is 0 Å². The highest BCUT2D eigenvalue weighted by Gasteiger charge is 2.07. The van der Waals surface area contributed by atoms with Crippen LogP contribution in [0.4, 0.5) is 4.39 Å². The summed E-state index contributed by atoms with van der Waals surface area (Å²) in [5, 5.41) is 0. The molecule has 0 aliphatic rings. The van der Waals surface area contributed by atoms with E-state index in [0.717, 1.165) is 4.47 Å². The monoisotopic (exact) mass is 267 g/mol. The summed E-state index contributed by atoms with van der Waals surface area (Å²) in [6.45, 7) is 0. The summed E-state index contributed by atoms with van der Waals surface area (Å²) in [4.78, 5) is 10.7. The molecule has 0 bridgehead atoms. The third-order valence-corrected chi connectivity index (χ3v) is 2.56. The quantitative estimate of drug-likeness (QED) is 0.766. The van der Waals surface area contributed by atoms with Crippen molar-refractivity contribution in [1.82, 2.24) is 4.57 Å². The van der Waals surface area contributed by atoms with E-state index in [0.29, 0.717) is 17.7 Å². The van der Waals surface area contributed by atoms with Crippen molar-refractivity contribution in [3.8, 4) is 5.69 Å². The molecule has 0 aliphatic heterocycles. The average molecular weight is 268 g/mol. The summed E-state index contributed by atoms with van der Waals surface area (Å²) in [5.41, 5.74) is 0.781. The Morgan fingerprint density at radius 2 is 2.13 bits per heavy atom. The van der Waals surface area contributed by atoms with Crippen LogP contribution in [0.3, 0.4) is 0 Å². The molecule has 0 radical (unpaired) electrons. The fraction of sp³-hybridized carbons (Fsp3) is 0. The minimum Gasteiger partial charge on any atom is -0.311 e. The van der Waals surface area contributed by atoms with Crippen LogP contribution in [0.2, 0.25) is 0 Å². The lowest BCUT2D eigenvalue weighted by Gasteiger charge is -2.07. The predicted molar refractivity (Wildman–Crippen MR) is 58.8 cm³/mol. The zero-order valence-electron chi connectivity index (χ0n) is 7.65. The summed E-state index contributed by atoms with van der Waals surface area (Å²) >= 11 is 3.26. The first-order valence-corrected chi connectivity index (χ1v) is 5.09. The van der Waals surface area contributed by atoms with Crippen molar-refractivity contribution in [2.45, 2.75) is 0 Å². The number of nitrogens with zero attached hydrogens (tertiary/aromatic N) is 1. The van der Waals surface area contributed by atoms with E-state index in [9.17, 15) is 9.18 Å². The van der Waals surface area contributed by atoms with Crippen molar-refractivity contribution in [3.63, 3.8) is 0 Å². The van der Waals surface area contributed by atoms with Crippen LogP contribution in [-0.4, -0.2) is 10.9 Å². The fourth-order valence-corrected chi connectivity index (χ4v) is 1.73. The van der Waals surface area contributed by atoms with Crippen molar-refractivity contribution in [1.29, 1.82) is 0 Å². The Morgan fingerprint density at radius 1 is 1.33 bits per heavy atom. The maximum Gasteiger partial charge on any atom is 0.166 e. The molecule has 0 fully saturated rings. The van der Waals surface area contributed by atoms with E-state index < -0.39 is 0 Å². The molecular weight excluding hydrogens is 261 g/mol. The van der Waals surface area contributed by atoms with Crippen LogP contribution in [0, 0.1) is 5.82 Å². The number of benzene rings is 1. The van der Waals surface area contributed by atoms with Crippen molar-refractivity contribution in [2.24, 2.45) is 0 Å². The second kappa shape index (κ2) is 3.98. The maximum atomic E-state index is 13.5. The van der Waals surface area contributed by atoms with Gasteiger partial charge < -0.3 is 4.57 Å². The van der Waals surface area contributed by atoms with Gasteiger partial charge in [-0.25, -0.2) is 4.39 Å². The molecule has 2 rings (SSSR count). The van der Waals surface area contributed by atoms with E-state index in [1.54, 1.807) is 30.5 Å².